The summed E-state index contributed by atoms with van der Waals surface area (Å²) in [6, 6.07) is 7.97. The van der Waals surface area contributed by atoms with Crippen LogP contribution in [0, 0.1) is 6.92 Å². The number of aryl methyl sites for hydroxylation is 1. The Morgan fingerprint density at radius 1 is 1.35 bits per heavy atom. The third-order valence-electron chi connectivity index (χ3n) is 3.12. The average Bonchev–Trinajstić information content (AvgIpc) is 2.82. The molecule has 0 atom stereocenters. The van der Waals surface area contributed by atoms with Gasteiger partial charge < -0.3 is 9.84 Å². The summed E-state index contributed by atoms with van der Waals surface area (Å²) in [6.07, 6.45) is 1.87. The van der Waals surface area contributed by atoms with E-state index in [1.54, 1.807) is 0 Å². The van der Waals surface area contributed by atoms with Crippen molar-refractivity contribution in [1.82, 2.24) is 15.0 Å². The van der Waals surface area contributed by atoms with Crippen LogP contribution in [-0.4, -0.2) is 26.7 Å². The highest BCUT2D eigenvalue weighted by Gasteiger charge is 2.10. The quantitative estimate of drug-likeness (QED) is 0.840. The maximum atomic E-state index is 9.25. The molecule has 1 aromatic heterocycles. The van der Waals surface area contributed by atoms with Crippen LogP contribution >= 0.6 is 0 Å². The van der Waals surface area contributed by atoms with E-state index >= 15 is 0 Å². The molecule has 0 saturated carbocycles. The highest BCUT2D eigenvalue weighted by atomic mass is 16.5. The van der Waals surface area contributed by atoms with Crippen LogP contribution in [0.2, 0.25) is 0 Å². The van der Waals surface area contributed by atoms with Crippen molar-refractivity contribution in [1.29, 1.82) is 0 Å². The summed E-state index contributed by atoms with van der Waals surface area (Å²) in [5.74, 6) is 0.865. The van der Waals surface area contributed by atoms with Crippen molar-refractivity contribution in [3.8, 4) is 5.75 Å². The van der Waals surface area contributed by atoms with Crippen LogP contribution in [-0.2, 0) is 19.6 Å². The third kappa shape index (κ3) is 3.57. The van der Waals surface area contributed by atoms with Crippen LogP contribution in [0.4, 0.5) is 0 Å². The molecule has 0 aliphatic carbocycles. The molecule has 2 rings (SSSR count). The molecule has 0 amide bonds. The molecule has 0 aliphatic heterocycles. The minimum atomic E-state index is -0.0614. The lowest BCUT2D eigenvalue weighted by Crippen LogP contribution is -2.13. The van der Waals surface area contributed by atoms with E-state index in [-0.39, 0.29) is 6.61 Å². The fourth-order valence-electron chi connectivity index (χ4n) is 2.14. The molecule has 0 bridgehead atoms. The molecule has 1 heterocycles. The predicted molar refractivity (Wildman–Crippen MR) is 76.6 cm³/mol. The number of rotatable bonds is 7. The van der Waals surface area contributed by atoms with Crippen molar-refractivity contribution in [3.63, 3.8) is 0 Å². The lowest BCUT2D eigenvalue weighted by Gasteiger charge is -2.09. The molecule has 2 aromatic rings. The summed E-state index contributed by atoms with van der Waals surface area (Å²) >= 11 is 0. The second kappa shape index (κ2) is 7.05. The molecule has 20 heavy (non-hydrogen) atoms. The smallest absolute Gasteiger partial charge is 0.119 e. The highest BCUT2D eigenvalue weighted by Crippen LogP contribution is 2.13. The van der Waals surface area contributed by atoms with Crippen molar-refractivity contribution in [2.45, 2.75) is 39.8 Å². The Bertz CT molecular complexity index is 552. The molecule has 0 spiro atoms. The molecule has 5 nitrogen and oxygen atoms in total. The topological polar surface area (TPSA) is 60.2 Å². The van der Waals surface area contributed by atoms with Gasteiger partial charge in [-0.3, -0.25) is 0 Å². The Kier molecular flexibility index (Phi) is 5.12. The van der Waals surface area contributed by atoms with E-state index in [1.807, 2.05) is 35.9 Å². The van der Waals surface area contributed by atoms with E-state index in [1.165, 1.54) is 5.56 Å². The molecular formula is C15H21N3O2. The first-order chi connectivity index (χ1) is 9.74. The lowest BCUT2D eigenvalue weighted by molar-refractivity contribution is 0.274. The molecule has 0 radical (unpaired) electrons. The summed E-state index contributed by atoms with van der Waals surface area (Å²) in [5, 5.41) is 17.3. The van der Waals surface area contributed by atoms with Crippen molar-refractivity contribution in [2.24, 2.45) is 0 Å². The molecule has 1 N–H and O–H groups in total. The van der Waals surface area contributed by atoms with Crippen molar-refractivity contribution >= 4 is 0 Å². The normalized spacial score (nSPS) is 10.8. The lowest BCUT2D eigenvalue weighted by atomic mass is 10.2. The second-order valence-corrected chi connectivity index (χ2v) is 4.78. The van der Waals surface area contributed by atoms with Gasteiger partial charge in [0.1, 0.15) is 18.1 Å². The number of aliphatic hydroxyl groups is 1. The van der Waals surface area contributed by atoms with Gasteiger partial charge in [-0.05, 0) is 31.0 Å². The third-order valence-corrected chi connectivity index (χ3v) is 3.12. The van der Waals surface area contributed by atoms with Gasteiger partial charge in [-0.1, -0.05) is 30.7 Å². The molecular weight excluding hydrogens is 254 g/mol. The van der Waals surface area contributed by atoms with Gasteiger partial charge in [-0.15, -0.1) is 5.10 Å². The van der Waals surface area contributed by atoms with E-state index < -0.39 is 0 Å². The molecule has 1 aromatic carbocycles. The van der Waals surface area contributed by atoms with Crippen LogP contribution in [0.1, 0.15) is 30.3 Å². The van der Waals surface area contributed by atoms with Crippen LogP contribution in [0.3, 0.4) is 0 Å². The average molecular weight is 275 g/mol. The number of aliphatic hydroxyl groups excluding tert-OH is 1. The molecule has 0 fully saturated rings. The van der Waals surface area contributed by atoms with Gasteiger partial charge in [-0.2, -0.15) is 0 Å². The van der Waals surface area contributed by atoms with E-state index in [2.05, 4.69) is 17.2 Å². The number of aromatic nitrogens is 3. The first kappa shape index (κ1) is 14.5. The highest BCUT2D eigenvalue weighted by molar-refractivity contribution is 5.27. The molecule has 108 valence electrons. The number of hydrogen-bond acceptors (Lipinski definition) is 4. The first-order valence-corrected chi connectivity index (χ1v) is 6.96. The number of benzene rings is 1. The van der Waals surface area contributed by atoms with E-state index in [9.17, 15) is 5.11 Å². The van der Waals surface area contributed by atoms with Crippen molar-refractivity contribution < 1.29 is 9.84 Å². The minimum absolute atomic E-state index is 0.0614. The molecule has 0 unspecified atom stereocenters. The van der Waals surface area contributed by atoms with Gasteiger partial charge in [0.05, 0.1) is 18.8 Å². The van der Waals surface area contributed by atoms with E-state index in [4.69, 9.17) is 4.74 Å². The first-order valence-electron chi connectivity index (χ1n) is 6.96. The summed E-state index contributed by atoms with van der Waals surface area (Å²) in [4.78, 5) is 0. The largest absolute Gasteiger partial charge is 0.492 e. The number of hydrogen-bond donors (Lipinski definition) is 1. The SMILES string of the molecule is CCCc1c(CO)nnn1CCOc1cccc(C)c1. The number of nitrogens with zero attached hydrogens (tertiary/aromatic N) is 3. The van der Waals surface area contributed by atoms with Gasteiger partial charge in [0.15, 0.2) is 0 Å². The summed E-state index contributed by atoms with van der Waals surface area (Å²) in [5.41, 5.74) is 2.85. The second-order valence-electron chi connectivity index (χ2n) is 4.78. The monoisotopic (exact) mass is 275 g/mol. The van der Waals surface area contributed by atoms with E-state index in [0.29, 0.717) is 18.8 Å². The minimum Gasteiger partial charge on any atom is -0.492 e. The Labute approximate surface area is 119 Å². The van der Waals surface area contributed by atoms with Crippen molar-refractivity contribution in [3.05, 3.63) is 41.2 Å². The zero-order valence-electron chi connectivity index (χ0n) is 12.0. The standard InChI is InChI=1S/C15H21N3O2/c1-3-5-15-14(11-19)16-17-18(15)8-9-20-13-7-4-6-12(2)10-13/h4,6-7,10,19H,3,5,8-9,11H2,1-2H3. The van der Waals surface area contributed by atoms with E-state index in [0.717, 1.165) is 24.3 Å². The summed E-state index contributed by atoms with van der Waals surface area (Å²) in [6.45, 7) is 5.25. The maximum absolute atomic E-state index is 9.25. The Balaban J connectivity index is 1.95. The summed E-state index contributed by atoms with van der Waals surface area (Å²) in [7, 11) is 0. The zero-order valence-corrected chi connectivity index (χ0v) is 12.0. The molecule has 0 aliphatic rings. The van der Waals surface area contributed by atoms with Crippen LogP contribution in [0.5, 0.6) is 5.75 Å². The fraction of sp³-hybridized carbons (Fsp3) is 0.467. The van der Waals surface area contributed by atoms with Gasteiger partial charge in [0.25, 0.3) is 0 Å². The van der Waals surface area contributed by atoms with Crippen LogP contribution in [0.15, 0.2) is 24.3 Å². The van der Waals surface area contributed by atoms with Gasteiger partial charge in [0, 0.05) is 0 Å². The Morgan fingerprint density at radius 2 is 2.20 bits per heavy atom. The molecule has 0 saturated heterocycles. The van der Waals surface area contributed by atoms with Gasteiger partial charge in [0.2, 0.25) is 0 Å². The fourth-order valence-corrected chi connectivity index (χ4v) is 2.14. The van der Waals surface area contributed by atoms with Gasteiger partial charge in [-0.25, -0.2) is 4.68 Å². The predicted octanol–water partition coefficient (Wildman–Crippen LogP) is 2.11. The van der Waals surface area contributed by atoms with Crippen molar-refractivity contribution in [2.75, 3.05) is 6.61 Å². The zero-order chi connectivity index (χ0) is 14.4. The van der Waals surface area contributed by atoms with Gasteiger partial charge >= 0.3 is 0 Å². The Hall–Kier alpha value is -1.88. The summed E-state index contributed by atoms with van der Waals surface area (Å²) < 4.78 is 7.54. The molecule has 5 heteroatoms. The van der Waals surface area contributed by atoms with Crippen LogP contribution < -0.4 is 4.74 Å². The van der Waals surface area contributed by atoms with Crippen LogP contribution in [0.25, 0.3) is 0 Å². The Morgan fingerprint density at radius 3 is 2.90 bits per heavy atom. The number of ether oxygens (including phenoxy) is 1. The maximum Gasteiger partial charge on any atom is 0.119 e.